The van der Waals surface area contributed by atoms with Crippen molar-refractivity contribution < 1.29 is 13.9 Å². The summed E-state index contributed by atoms with van der Waals surface area (Å²) < 4.78 is 17.4. The van der Waals surface area contributed by atoms with Gasteiger partial charge in [-0.2, -0.15) is 0 Å². The summed E-state index contributed by atoms with van der Waals surface area (Å²) in [5.74, 6) is 0.00560. The molecule has 13 heavy (non-hydrogen) atoms. The van der Waals surface area contributed by atoms with Gasteiger partial charge in [0.1, 0.15) is 6.17 Å². The zero-order valence-electron chi connectivity index (χ0n) is 8.05. The topological polar surface area (TPSA) is 38.3 Å². The molecule has 1 saturated carbocycles. The number of carbonyl (C=O) groups excluding carboxylic acids is 1. The number of alkyl halides is 1. The predicted molar refractivity (Wildman–Crippen MR) is 47.1 cm³/mol. The normalized spacial score (nSPS) is 26.2. The Morgan fingerprint density at radius 1 is 1.69 bits per heavy atom. The molecule has 0 aromatic heterocycles. The third-order valence-corrected chi connectivity index (χ3v) is 1.92. The van der Waals surface area contributed by atoms with E-state index in [4.69, 9.17) is 4.74 Å². The molecule has 1 amide bonds. The summed E-state index contributed by atoms with van der Waals surface area (Å²) in [5.41, 5.74) is 0. The fourth-order valence-corrected chi connectivity index (χ4v) is 0.904. The lowest BCUT2D eigenvalue weighted by Gasteiger charge is -2.07. The van der Waals surface area contributed by atoms with Gasteiger partial charge in [-0.3, -0.25) is 4.79 Å². The summed E-state index contributed by atoms with van der Waals surface area (Å²) in [7, 11) is 0. The maximum absolute atomic E-state index is 12.3. The van der Waals surface area contributed by atoms with Gasteiger partial charge in [0, 0.05) is 18.9 Å². The molecule has 1 aliphatic rings. The largest absolute Gasteiger partial charge is 0.373 e. The molecule has 0 saturated heterocycles. The molecule has 1 N–H and O–H groups in total. The van der Waals surface area contributed by atoms with Gasteiger partial charge in [-0.05, 0) is 0 Å². The van der Waals surface area contributed by atoms with Gasteiger partial charge in [-0.25, -0.2) is 4.39 Å². The van der Waals surface area contributed by atoms with Crippen molar-refractivity contribution in [3.63, 3.8) is 0 Å². The van der Waals surface area contributed by atoms with Gasteiger partial charge in [0.2, 0.25) is 5.91 Å². The monoisotopic (exact) mass is 189 g/mol. The number of halogens is 1. The third-order valence-electron chi connectivity index (χ3n) is 1.92. The Morgan fingerprint density at radius 2 is 2.31 bits per heavy atom. The van der Waals surface area contributed by atoms with Crippen LogP contribution in [0.4, 0.5) is 4.39 Å². The quantitative estimate of drug-likeness (QED) is 0.652. The SMILES string of the molecule is CC(C)C(=O)NCCOC1CC1F. The highest BCUT2D eigenvalue weighted by Gasteiger charge is 2.38. The Hall–Kier alpha value is -0.640. The molecule has 1 rings (SSSR count). The lowest BCUT2D eigenvalue weighted by molar-refractivity contribution is -0.124. The summed E-state index contributed by atoms with van der Waals surface area (Å²) in [6.07, 6.45) is -0.477. The van der Waals surface area contributed by atoms with Crippen LogP contribution in [-0.4, -0.2) is 31.3 Å². The first-order valence-corrected chi connectivity index (χ1v) is 4.64. The van der Waals surface area contributed by atoms with Crippen LogP contribution in [-0.2, 0) is 9.53 Å². The van der Waals surface area contributed by atoms with Crippen molar-refractivity contribution in [3.05, 3.63) is 0 Å². The maximum Gasteiger partial charge on any atom is 0.222 e. The molecule has 2 unspecified atom stereocenters. The molecule has 1 fully saturated rings. The average Bonchev–Trinajstić information content (AvgIpc) is 2.75. The van der Waals surface area contributed by atoms with Crippen molar-refractivity contribution in [3.8, 4) is 0 Å². The van der Waals surface area contributed by atoms with E-state index in [0.717, 1.165) is 0 Å². The molecule has 0 heterocycles. The van der Waals surface area contributed by atoms with Gasteiger partial charge < -0.3 is 10.1 Å². The van der Waals surface area contributed by atoms with E-state index in [9.17, 15) is 9.18 Å². The first-order chi connectivity index (χ1) is 6.11. The van der Waals surface area contributed by atoms with E-state index in [1.165, 1.54) is 0 Å². The Bertz CT molecular complexity index is 184. The molecule has 0 bridgehead atoms. The van der Waals surface area contributed by atoms with Crippen LogP contribution >= 0.6 is 0 Å². The van der Waals surface area contributed by atoms with Crippen LogP contribution < -0.4 is 5.32 Å². The highest BCUT2D eigenvalue weighted by Crippen LogP contribution is 2.28. The number of ether oxygens (including phenoxy) is 1. The molecule has 0 aromatic rings. The van der Waals surface area contributed by atoms with Crippen LogP contribution in [0.3, 0.4) is 0 Å². The summed E-state index contributed by atoms with van der Waals surface area (Å²) >= 11 is 0. The molecule has 3 nitrogen and oxygen atoms in total. The second-order valence-corrected chi connectivity index (χ2v) is 3.61. The maximum atomic E-state index is 12.3. The summed E-state index contributed by atoms with van der Waals surface area (Å²) in [6.45, 7) is 4.53. The number of nitrogens with one attached hydrogen (secondary N) is 1. The lowest BCUT2D eigenvalue weighted by Crippen LogP contribution is -2.31. The second kappa shape index (κ2) is 4.56. The minimum absolute atomic E-state index is 0.00477. The minimum Gasteiger partial charge on any atom is -0.373 e. The van der Waals surface area contributed by atoms with Crippen LogP contribution in [0.25, 0.3) is 0 Å². The van der Waals surface area contributed by atoms with E-state index in [2.05, 4.69) is 5.32 Å². The van der Waals surface area contributed by atoms with Crippen molar-refractivity contribution in [1.82, 2.24) is 5.32 Å². The second-order valence-electron chi connectivity index (χ2n) is 3.61. The molecular formula is C9H16FNO2. The molecule has 1 aliphatic carbocycles. The third kappa shape index (κ3) is 3.72. The van der Waals surface area contributed by atoms with Crippen LogP contribution in [0.2, 0.25) is 0 Å². The first kappa shape index (κ1) is 10.4. The number of hydrogen-bond acceptors (Lipinski definition) is 2. The van der Waals surface area contributed by atoms with E-state index >= 15 is 0 Å². The van der Waals surface area contributed by atoms with Crippen LogP contribution in [0.15, 0.2) is 0 Å². The van der Waals surface area contributed by atoms with Crippen LogP contribution in [0.1, 0.15) is 20.3 Å². The molecule has 0 aromatic carbocycles. The van der Waals surface area contributed by atoms with E-state index in [-0.39, 0.29) is 17.9 Å². The Kier molecular flexibility index (Phi) is 3.66. The van der Waals surface area contributed by atoms with E-state index < -0.39 is 6.17 Å². The standard InChI is InChI=1S/C9H16FNO2/c1-6(2)9(12)11-3-4-13-8-5-7(8)10/h6-8H,3-5H2,1-2H3,(H,11,12). The lowest BCUT2D eigenvalue weighted by atomic mass is 10.2. The van der Waals surface area contributed by atoms with E-state index in [0.29, 0.717) is 19.6 Å². The van der Waals surface area contributed by atoms with Crippen molar-refractivity contribution in [1.29, 1.82) is 0 Å². The highest BCUT2D eigenvalue weighted by molar-refractivity contribution is 5.77. The Balaban J connectivity index is 1.92. The Labute approximate surface area is 77.6 Å². The van der Waals surface area contributed by atoms with Crippen molar-refractivity contribution in [2.75, 3.05) is 13.2 Å². The highest BCUT2D eigenvalue weighted by atomic mass is 19.1. The zero-order valence-corrected chi connectivity index (χ0v) is 8.05. The summed E-state index contributed by atoms with van der Waals surface area (Å²) in [4.78, 5) is 11.0. The van der Waals surface area contributed by atoms with Gasteiger partial charge in [-0.15, -0.1) is 0 Å². The van der Waals surface area contributed by atoms with Crippen LogP contribution in [0, 0.1) is 5.92 Å². The zero-order chi connectivity index (χ0) is 9.84. The van der Waals surface area contributed by atoms with Gasteiger partial charge >= 0.3 is 0 Å². The summed E-state index contributed by atoms with van der Waals surface area (Å²) in [6, 6.07) is 0. The predicted octanol–water partition coefficient (Wildman–Crippen LogP) is 0.886. The smallest absolute Gasteiger partial charge is 0.222 e. The van der Waals surface area contributed by atoms with E-state index in [1.54, 1.807) is 0 Å². The van der Waals surface area contributed by atoms with Gasteiger partial charge in [0.25, 0.3) is 0 Å². The molecular weight excluding hydrogens is 173 g/mol. The minimum atomic E-state index is -0.777. The van der Waals surface area contributed by atoms with Gasteiger partial charge in [-0.1, -0.05) is 13.8 Å². The van der Waals surface area contributed by atoms with Crippen molar-refractivity contribution >= 4 is 5.91 Å². The first-order valence-electron chi connectivity index (χ1n) is 4.64. The molecule has 76 valence electrons. The van der Waals surface area contributed by atoms with Gasteiger partial charge in [0.15, 0.2) is 0 Å². The molecule has 0 aliphatic heterocycles. The van der Waals surface area contributed by atoms with Crippen LogP contribution in [0.5, 0.6) is 0 Å². The number of carbonyl (C=O) groups is 1. The van der Waals surface area contributed by atoms with E-state index in [1.807, 2.05) is 13.8 Å². The van der Waals surface area contributed by atoms with Gasteiger partial charge in [0.05, 0.1) is 12.7 Å². The molecule has 0 radical (unpaired) electrons. The molecule has 0 spiro atoms. The van der Waals surface area contributed by atoms with Crippen molar-refractivity contribution in [2.24, 2.45) is 5.92 Å². The number of amides is 1. The average molecular weight is 189 g/mol. The Morgan fingerprint density at radius 3 is 2.77 bits per heavy atom. The molecule has 2 atom stereocenters. The number of hydrogen-bond donors (Lipinski definition) is 1. The molecule has 4 heteroatoms. The fraction of sp³-hybridized carbons (Fsp3) is 0.889. The number of rotatable bonds is 5. The fourth-order valence-electron chi connectivity index (χ4n) is 0.904. The summed E-state index contributed by atoms with van der Waals surface area (Å²) in [5, 5.41) is 2.69. The van der Waals surface area contributed by atoms with Crippen molar-refractivity contribution in [2.45, 2.75) is 32.5 Å².